The summed E-state index contributed by atoms with van der Waals surface area (Å²) in [6.07, 6.45) is 6.81. The van der Waals surface area contributed by atoms with Gasteiger partial charge < -0.3 is 20.4 Å². The molecule has 0 saturated heterocycles. The second kappa shape index (κ2) is 20.6. The Balaban J connectivity index is -0.0000000873. The predicted molar refractivity (Wildman–Crippen MR) is 125 cm³/mol. The number of hydrogen-bond donors (Lipinski definition) is 4. The van der Waals surface area contributed by atoms with Crippen LogP contribution >= 0.6 is 0 Å². The van der Waals surface area contributed by atoms with E-state index in [9.17, 15) is 0 Å². The number of aliphatic hydroxyl groups is 4. The van der Waals surface area contributed by atoms with Gasteiger partial charge in [0.2, 0.25) is 0 Å². The third kappa shape index (κ3) is 33.5. The molecule has 0 aromatic carbocycles. The van der Waals surface area contributed by atoms with Gasteiger partial charge in [-0.3, -0.25) is 0 Å². The minimum atomic E-state index is -0.417. The topological polar surface area (TPSA) is 80.9 Å². The van der Waals surface area contributed by atoms with Crippen molar-refractivity contribution in [2.45, 2.75) is 157 Å². The van der Waals surface area contributed by atoms with Crippen LogP contribution in [0.3, 0.4) is 0 Å². The Morgan fingerprint density at radius 2 is 0.414 bits per heavy atom. The Morgan fingerprint density at radius 1 is 0.345 bits per heavy atom. The Labute approximate surface area is 202 Å². The van der Waals surface area contributed by atoms with Gasteiger partial charge >= 0.3 is 0 Å². The minimum absolute atomic E-state index is 0. The summed E-state index contributed by atoms with van der Waals surface area (Å²) in [4.78, 5) is 0. The first-order chi connectivity index (χ1) is 12.5. The molecule has 0 aliphatic carbocycles. The predicted octanol–water partition coefficient (Wildman–Crippen LogP) is 6.23. The van der Waals surface area contributed by atoms with Gasteiger partial charge in [-0.25, -0.2) is 0 Å². The largest absolute Gasteiger partial charge is 0.390 e. The molecular weight excluding hydrogens is 531 g/mol. The van der Waals surface area contributed by atoms with Crippen LogP contribution in [0, 0.1) is 0 Å². The normalized spacial score (nSPS) is 11.6. The van der Waals surface area contributed by atoms with Crippen molar-refractivity contribution in [3.63, 3.8) is 0 Å². The zero-order chi connectivity index (χ0) is 23.7. The van der Waals surface area contributed by atoms with Crippen LogP contribution in [0.5, 0.6) is 0 Å². The molecule has 0 saturated carbocycles. The molecule has 0 amide bonds. The van der Waals surface area contributed by atoms with Crippen molar-refractivity contribution < 1.29 is 46.3 Å². The van der Waals surface area contributed by atoms with E-state index >= 15 is 0 Å². The van der Waals surface area contributed by atoms with E-state index in [2.05, 4.69) is 0 Å². The molecule has 0 aliphatic heterocycles. The van der Waals surface area contributed by atoms with Crippen LogP contribution in [-0.4, -0.2) is 42.8 Å². The van der Waals surface area contributed by atoms with Crippen molar-refractivity contribution in [3.05, 3.63) is 0 Å². The van der Waals surface area contributed by atoms with Crippen LogP contribution in [0.4, 0.5) is 0 Å². The van der Waals surface area contributed by atoms with E-state index in [4.69, 9.17) is 20.4 Å². The van der Waals surface area contributed by atoms with Crippen LogP contribution in [0.1, 0.15) is 134 Å². The van der Waals surface area contributed by atoms with Gasteiger partial charge in [0.05, 0.1) is 22.4 Å². The molecule has 0 aromatic rings. The summed E-state index contributed by atoms with van der Waals surface area (Å²) in [5.74, 6) is 0. The van der Waals surface area contributed by atoms with E-state index in [0.29, 0.717) is 0 Å². The molecule has 0 aliphatic rings. The Morgan fingerprint density at radius 3 is 0.414 bits per heavy atom. The summed E-state index contributed by atoms with van der Waals surface area (Å²) in [5.41, 5.74) is -1.67. The molecule has 0 rings (SSSR count). The van der Waals surface area contributed by atoms with E-state index in [-0.39, 0.29) is 25.8 Å². The molecule has 0 bridgehead atoms. The second-order valence-corrected chi connectivity index (χ2v) is 8.82. The van der Waals surface area contributed by atoms with Gasteiger partial charge in [-0.15, -0.1) is 0 Å². The quantitative estimate of drug-likeness (QED) is 0.254. The average Bonchev–Trinajstić information content (AvgIpc) is 2.69. The van der Waals surface area contributed by atoms with E-state index in [0.717, 1.165) is 51.4 Å². The average molecular weight is 587 g/mol. The molecule has 0 unspecified atom stereocenters. The van der Waals surface area contributed by atoms with Crippen LogP contribution in [0.25, 0.3) is 0 Å². The molecule has 0 radical (unpaired) electrons. The van der Waals surface area contributed by atoms with Crippen molar-refractivity contribution in [2.75, 3.05) is 0 Å². The maximum atomic E-state index is 9.13. The van der Waals surface area contributed by atoms with Gasteiger partial charge in [-0.2, -0.15) is 0 Å². The number of hydrogen-bond acceptors (Lipinski definition) is 4. The van der Waals surface area contributed by atoms with Crippen LogP contribution < -0.4 is 0 Å². The fraction of sp³-hybridized carbons (Fsp3) is 1.00. The molecule has 29 heavy (non-hydrogen) atoms. The summed E-state index contributed by atoms with van der Waals surface area (Å²) >= 11 is 0. The van der Waals surface area contributed by atoms with Gasteiger partial charge in [0, 0.05) is 25.8 Å². The third-order valence-corrected chi connectivity index (χ3v) is 6.09. The van der Waals surface area contributed by atoms with E-state index < -0.39 is 22.4 Å². The summed E-state index contributed by atoms with van der Waals surface area (Å²) in [5, 5.41) is 36.5. The molecule has 4 N–H and O–H groups in total. The molecule has 0 aromatic heterocycles. The molecule has 5 heteroatoms. The van der Waals surface area contributed by atoms with Gasteiger partial charge in [0.25, 0.3) is 0 Å². The van der Waals surface area contributed by atoms with Gasteiger partial charge in [0.1, 0.15) is 0 Å². The fourth-order valence-corrected chi connectivity index (χ4v) is 1.000. The Hall–Kier alpha value is 0.710. The second-order valence-electron chi connectivity index (χ2n) is 8.82. The van der Waals surface area contributed by atoms with Crippen LogP contribution in [0.2, 0.25) is 0 Å². The molecule has 180 valence electrons. The van der Waals surface area contributed by atoms with E-state index in [1.54, 1.807) is 0 Å². The summed E-state index contributed by atoms with van der Waals surface area (Å²) in [6, 6.07) is 0. The molecular formula is C24H56HfO4. The Bertz CT molecular complexity index is 239. The zero-order valence-corrected chi connectivity index (χ0v) is 25.5. The zero-order valence-electron chi connectivity index (χ0n) is 21.9. The molecule has 0 heterocycles. The van der Waals surface area contributed by atoms with Crippen molar-refractivity contribution in [1.82, 2.24) is 0 Å². The van der Waals surface area contributed by atoms with E-state index in [1.165, 1.54) is 0 Å². The molecule has 0 atom stereocenters. The van der Waals surface area contributed by atoms with Crippen molar-refractivity contribution >= 4 is 0 Å². The van der Waals surface area contributed by atoms with Gasteiger partial charge in [0.15, 0.2) is 0 Å². The standard InChI is InChI=1S/4C6H14O.Hf/c4*1-4-6(3,7)5-2;/h4*7H,4-5H2,1-3H3;. The van der Waals surface area contributed by atoms with Gasteiger partial charge in [-0.1, -0.05) is 55.4 Å². The number of rotatable bonds is 8. The van der Waals surface area contributed by atoms with Crippen molar-refractivity contribution in [2.24, 2.45) is 0 Å². The smallest absolute Gasteiger partial charge is 0.0614 e. The van der Waals surface area contributed by atoms with Crippen LogP contribution in [-0.2, 0) is 25.8 Å². The first-order valence-corrected chi connectivity index (χ1v) is 11.4. The van der Waals surface area contributed by atoms with Crippen molar-refractivity contribution in [1.29, 1.82) is 0 Å². The first-order valence-electron chi connectivity index (χ1n) is 11.4. The molecule has 0 fully saturated rings. The fourth-order valence-electron chi connectivity index (χ4n) is 1.000. The van der Waals surface area contributed by atoms with Gasteiger partial charge in [-0.05, 0) is 79.1 Å². The molecule has 4 nitrogen and oxygen atoms in total. The maximum absolute atomic E-state index is 9.13. The third-order valence-electron chi connectivity index (χ3n) is 6.09. The van der Waals surface area contributed by atoms with Crippen LogP contribution in [0.15, 0.2) is 0 Å². The summed E-state index contributed by atoms with van der Waals surface area (Å²) in [6.45, 7) is 23.3. The summed E-state index contributed by atoms with van der Waals surface area (Å²) in [7, 11) is 0. The SMILES string of the molecule is CCC(C)(O)CC.CCC(C)(O)CC.CCC(C)(O)CC.CCC(C)(O)CC.[Hf]. The maximum Gasteiger partial charge on any atom is 0.0614 e. The van der Waals surface area contributed by atoms with Crippen molar-refractivity contribution in [3.8, 4) is 0 Å². The first kappa shape index (κ1) is 40.1. The van der Waals surface area contributed by atoms with E-state index in [1.807, 2.05) is 83.1 Å². The Kier molecular flexibility index (Phi) is 28.5. The monoisotopic (exact) mass is 588 g/mol. The summed E-state index contributed by atoms with van der Waals surface area (Å²) < 4.78 is 0. The molecule has 0 spiro atoms. The minimum Gasteiger partial charge on any atom is -0.390 e.